The third kappa shape index (κ3) is 16.2. The summed E-state index contributed by atoms with van der Waals surface area (Å²) in [5.41, 5.74) is 4.68. The van der Waals surface area contributed by atoms with E-state index in [4.69, 9.17) is 9.47 Å². The lowest BCUT2D eigenvalue weighted by Gasteiger charge is -2.26. The number of benzene rings is 1. The lowest BCUT2D eigenvalue weighted by atomic mass is 10.0. The van der Waals surface area contributed by atoms with Gasteiger partial charge in [-0.15, -0.1) is 6.58 Å². The van der Waals surface area contributed by atoms with Crippen LogP contribution in [0.25, 0.3) is 0 Å². The molecule has 3 N–H and O–H groups in total. The molecular weight excluding hydrogens is 533 g/mol. The zero-order chi connectivity index (χ0) is 31.1. The van der Waals surface area contributed by atoms with Gasteiger partial charge in [0, 0.05) is 44.6 Å². The topological polar surface area (TPSA) is 89.2 Å². The van der Waals surface area contributed by atoms with Gasteiger partial charge in [0.25, 0.3) is 0 Å². The van der Waals surface area contributed by atoms with Crippen LogP contribution in [0.2, 0.25) is 0 Å². The molecular formula is C31H53F3N4O3. The van der Waals surface area contributed by atoms with Gasteiger partial charge in [-0.05, 0) is 69.8 Å². The molecule has 0 spiro atoms. The zero-order valence-corrected chi connectivity index (χ0v) is 25.7. The van der Waals surface area contributed by atoms with E-state index in [2.05, 4.69) is 41.4 Å². The summed E-state index contributed by atoms with van der Waals surface area (Å²) in [7, 11) is 1.50. The molecule has 0 saturated carbocycles. The van der Waals surface area contributed by atoms with Crippen LogP contribution < -0.4 is 11.1 Å². The molecule has 3 atom stereocenters. The summed E-state index contributed by atoms with van der Waals surface area (Å²) in [5, 5.41) is 2.83. The lowest BCUT2D eigenvalue weighted by molar-refractivity contribution is -0.137. The molecule has 0 aromatic heterocycles. The maximum Gasteiger partial charge on any atom is 0.416 e. The van der Waals surface area contributed by atoms with E-state index in [-0.39, 0.29) is 6.54 Å². The van der Waals surface area contributed by atoms with Gasteiger partial charge in [-0.3, -0.25) is 9.89 Å². The predicted molar refractivity (Wildman–Crippen MR) is 163 cm³/mol. The van der Waals surface area contributed by atoms with Crippen LogP contribution in [0.1, 0.15) is 83.4 Å². The molecule has 2 heterocycles. The number of aldehydes is 1. The maximum atomic E-state index is 12.8. The average molecular weight is 587 g/mol. The molecule has 2 fully saturated rings. The highest BCUT2D eigenvalue weighted by Crippen LogP contribution is 2.35. The van der Waals surface area contributed by atoms with Gasteiger partial charge in [-0.2, -0.15) is 13.2 Å². The molecule has 1 aromatic rings. The molecule has 10 heteroatoms. The monoisotopic (exact) mass is 586 g/mol. The number of hydrogen-bond acceptors (Lipinski definition) is 7. The van der Waals surface area contributed by atoms with Crippen LogP contribution in [0.15, 0.2) is 35.8 Å². The van der Waals surface area contributed by atoms with Crippen molar-refractivity contribution in [3.8, 4) is 0 Å². The van der Waals surface area contributed by atoms with Crippen LogP contribution in [0.3, 0.4) is 0 Å². The highest BCUT2D eigenvalue weighted by atomic mass is 19.4. The summed E-state index contributed by atoms with van der Waals surface area (Å²) in [6.07, 6.45) is 6.96. The number of nitrogens with one attached hydrogen (secondary N) is 1. The first-order chi connectivity index (χ1) is 19.7. The molecule has 2 saturated heterocycles. The highest BCUT2D eigenvalue weighted by Gasteiger charge is 2.31. The summed E-state index contributed by atoms with van der Waals surface area (Å²) in [5.74, 6) is 0. The van der Waals surface area contributed by atoms with Crippen molar-refractivity contribution in [3.63, 3.8) is 0 Å². The minimum absolute atomic E-state index is 0.0777. The number of hydrogen-bond donors (Lipinski definition) is 2. The van der Waals surface area contributed by atoms with Gasteiger partial charge in [0.15, 0.2) is 0 Å². The van der Waals surface area contributed by atoms with Crippen LogP contribution in [0.4, 0.5) is 18.9 Å². The first-order valence-corrected chi connectivity index (χ1v) is 14.7. The Hall–Kier alpha value is -2.11. The zero-order valence-electron chi connectivity index (χ0n) is 25.7. The number of halogens is 3. The van der Waals surface area contributed by atoms with Crippen molar-refractivity contribution in [3.05, 3.63) is 42.0 Å². The molecule has 0 radical (unpaired) electrons. The van der Waals surface area contributed by atoms with Gasteiger partial charge >= 0.3 is 6.18 Å². The molecule has 236 valence electrons. The van der Waals surface area contributed by atoms with E-state index in [0.29, 0.717) is 36.7 Å². The van der Waals surface area contributed by atoms with Gasteiger partial charge in [-0.25, -0.2) is 0 Å². The smallest absolute Gasteiger partial charge is 0.381 e. The van der Waals surface area contributed by atoms with Crippen LogP contribution in [0.5, 0.6) is 0 Å². The van der Waals surface area contributed by atoms with E-state index in [1.54, 1.807) is 13.1 Å². The Labute approximate surface area is 245 Å². The van der Waals surface area contributed by atoms with E-state index >= 15 is 0 Å². The van der Waals surface area contributed by atoms with Crippen molar-refractivity contribution >= 4 is 18.2 Å². The number of aliphatic imine (C=N–C) groups is 1. The van der Waals surface area contributed by atoms with E-state index in [0.717, 1.165) is 37.9 Å². The Kier molecular flexibility index (Phi) is 22.2. The van der Waals surface area contributed by atoms with E-state index in [1.807, 2.05) is 13.0 Å². The first kappa shape index (κ1) is 38.9. The standard InChI is InChI=1S/C14H17F3N2O.C13H23NO2.C3H8.CH5N/c1-3-6-19-13-5-4-11(14(15,16)17)9-12(13)10(2)18-7-8-20;1-2-8-16-13-5-7-14(11-13)12-4-3-9-15-10-6-12;1-3-2;1-2/h4-6,8-10,18H,3,7H2,1-2H3;2,12-13H,1,3-11H2;3H2,1-2H3;2H2,1H3. The van der Waals surface area contributed by atoms with E-state index in [1.165, 1.54) is 51.8 Å². The number of likely N-dealkylation sites (tertiary alicyclic amines) is 1. The molecule has 3 rings (SSSR count). The molecule has 7 nitrogen and oxygen atoms in total. The second kappa shape index (κ2) is 23.5. The minimum atomic E-state index is -4.40. The van der Waals surface area contributed by atoms with Crippen LogP contribution >= 0.6 is 0 Å². The summed E-state index contributed by atoms with van der Waals surface area (Å²) in [4.78, 5) is 17.1. The number of ether oxygens (including phenoxy) is 2. The Balaban J connectivity index is 0.000000684. The SMILES string of the molecule is C=CCOC1CCN(C2CCCOCC2)C1.CCC.CCC=Nc1ccc(C(F)(F)F)cc1C(C)NCC=O.CN. The number of carbonyl (C=O) groups is 1. The maximum absolute atomic E-state index is 12.8. The first-order valence-electron chi connectivity index (χ1n) is 14.7. The Morgan fingerprint density at radius 2 is 1.93 bits per heavy atom. The minimum Gasteiger partial charge on any atom is -0.381 e. The van der Waals surface area contributed by atoms with Gasteiger partial charge in [-0.1, -0.05) is 33.3 Å². The fourth-order valence-corrected chi connectivity index (χ4v) is 4.40. The van der Waals surface area contributed by atoms with Crippen molar-refractivity contribution in [1.29, 1.82) is 0 Å². The fraction of sp³-hybridized carbons (Fsp3) is 0.677. The Morgan fingerprint density at radius 3 is 2.54 bits per heavy atom. The van der Waals surface area contributed by atoms with Crippen molar-refractivity contribution in [2.45, 2.75) is 90.6 Å². The van der Waals surface area contributed by atoms with E-state index < -0.39 is 17.8 Å². The third-order valence-electron chi connectivity index (χ3n) is 6.31. The molecule has 2 aliphatic rings. The largest absolute Gasteiger partial charge is 0.416 e. The van der Waals surface area contributed by atoms with E-state index in [9.17, 15) is 18.0 Å². The van der Waals surface area contributed by atoms with Crippen LogP contribution in [0, 0.1) is 0 Å². The predicted octanol–water partition coefficient (Wildman–Crippen LogP) is 6.49. The van der Waals surface area contributed by atoms with Gasteiger partial charge in [0.05, 0.1) is 30.5 Å². The highest BCUT2D eigenvalue weighted by molar-refractivity contribution is 5.65. The lowest BCUT2D eigenvalue weighted by Crippen LogP contribution is -2.34. The Bertz CT molecular complexity index is 844. The molecule has 0 bridgehead atoms. The number of carbonyl (C=O) groups excluding carboxylic acids is 1. The molecule has 0 aliphatic carbocycles. The third-order valence-corrected chi connectivity index (χ3v) is 6.31. The number of rotatable bonds is 10. The summed E-state index contributed by atoms with van der Waals surface area (Å²) in [6, 6.07) is 3.76. The van der Waals surface area contributed by atoms with Crippen molar-refractivity contribution in [2.24, 2.45) is 10.7 Å². The molecule has 0 amide bonds. The number of alkyl halides is 3. The summed E-state index contributed by atoms with van der Waals surface area (Å²) in [6.45, 7) is 16.4. The van der Waals surface area contributed by atoms with Crippen molar-refractivity contribution in [1.82, 2.24) is 10.2 Å². The summed E-state index contributed by atoms with van der Waals surface area (Å²) < 4.78 is 49.5. The molecule has 3 unspecified atom stereocenters. The fourth-order valence-electron chi connectivity index (χ4n) is 4.40. The average Bonchev–Trinajstić information content (AvgIpc) is 3.27. The summed E-state index contributed by atoms with van der Waals surface area (Å²) >= 11 is 0. The quantitative estimate of drug-likeness (QED) is 0.185. The van der Waals surface area contributed by atoms with Crippen LogP contribution in [-0.2, 0) is 20.4 Å². The number of nitrogens with two attached hydrogens (primary N) is 1. The van der Waals surface area contributed by atoms with Gasteiger partial charge < -0.3 is 25.3 Å². The van der Waals surface area contributed by atoms with Crippen LogP contribution in [-0.4, -0.2) is 76.0 Å². The van der Waals surface area contributed by atoms with Crippen molar-refractivity contribution < 1.29 is 27.4 Å². The second-order valence-corrected chi connectivity index (χ2v) is 9.72. The molecule has 2 aliphatic heterocycles. The number of nitrogens with zero attached hydrogens (tertiary/aromatic N) is 2. The Morgan fingerprint density at radius 1 is 1.22 bits per heavy atom. The molecule has 1 aromatic carbocycles. The second-order valence-electron chi connectivity index (χ2n) is 9.72. The van der Waals surface area contributed by atoms with Gasteiger partial charge in [0.1, 0.15) is 6.29 Å². The normalized spacial score (nSPS) is 19.9. The van der Waals surface area contributed by atoms with Crippen molar-refractivity contribution in [2.75, 3.05) is 46.5 Å². The van der Waals surface area contributed by atoms with Gasteiger partial charge in [0.2, 0.25) is 0 Å². The molecule has 41 heavy (non-hydrogen) atoms.